The quantitative estimate of drug-likeness (QED) is 0.404. The third-order valence-corrected chi connectivity index (χ3v) is 5.34. The summed E-state index contributed by atoms with van der Waals surface area (Å²) in [7, 11) is 3.33. The van der Waals surface area contributed by atoms with Crippen LogP contribution in [0.1, 0.15) is 5.69 Å². The van der Waals surface area contributed by atoms with Gasteiger partial charge in [0.05, 0.1) is 30.3 Å². The van der Waals surface area contributed by atoms with Gasteiger partial charge in [-0.25, -0.2) is 18.7 Å². The Balaban J connectivity index is 1.56. The summed E-state index contributed by atoms with van der Waals surface area (Å²) in [6.45, 7) is 1.90. The molecule has 0 saturated carbocycles. The Kier molecular flexibility index (Phi) is 5.01. The molecule has 3 heterocycles. The molecule has 3 aromatic heterocycles. The van der Waals surface area contributed by atoms with Crippen LogP contribution >= 0.6 is 0 Å². The highest BCUT2D eigenvalue weighted by Gasteiger charge is 2.16. The van der Waals surface area contributed by atoms with Gasteiger partial charge in [0.25, 0.3) is 0 Å². The second kappa shape index (κ2) is 8.01. The predicted octanol–water partition coefficient (Wildman–Crippen LogP) is 5.16. The standard InChI is InChI=1S/C24H20F2N6O/c1-14-12-32(13-27-14)19-8-9-21(29-24(19)33-3)28-18-10-17(26)11-20-22(18)30-23(31(20)2)15-4-6-16(25)7-5-15/h4-13H,1-3H3,(H,28,29). The van der Waals surface area contributed by atoms with Gasteiger partial charge in [-0.1, -0.05) is 0 Å². The number of rotatable bonds is 5. The number of benzene rings is 2. The second-order valence-corrected chi connectivity index (χ2v) is 7.59. The molecule has 0 bridgehead atoms. The third-order valence-electron chi connectivity index (χ3n) is 5.34. The summed E-state index contributed by atoms with van der Waals surface area (Å²) in [6, 6.07) is 12.4. The molecule has 1 N–H and O–H groups in total. The number of halogens is 2. The molecule has 2 aromatic carbocycles. The Labute approximate surface area is 188 Å². The maximum absolute atomic E-state index is 14.5. The van der Waals surface area contributed by atoms with E-state index in [0.29, 0.717) is 34.2 Å². The van der Waals surface area contributed by atoms with Gasteiger partial charge in [0.15, 0.2) is 0 Å². The largest absolute Gasteiger partial charge is 0.479 e. The second-order valence-electron chi connectivity index (χ2n) is 7.59. The fraction of sp³-hybridized carbons (Fsp3) is 0.125. The number of pyridine rings is 1. The Bertz CT molecular complexity index is 1470. The topological polar surface area (TPSA) is 69.8 Å². The molecule has 33 heavy (non-hydrogen) atoms. The number of nitrogens with one attached hydrogen (secondary N) is 1. The number of nitrogens with zero attached hydrogens (tertiary/aromatic N) is 5. The number of hydrogen-bond donors (Lipinski definition) is 1. The lowest BCUT2D eigenvalue weighted by Crippen LogP contribution is -2.02. The zero-order valence-corrected chi connectivity index (χ0v) is 18.2. The van der Waals surface area contributed by atoms with Crippen LogP contribution < -0.4 is 10.1 Å². The monoisotopic (exact) mass is 446 g/mol. The molecule has 166 valence electrons. The summed E-state index contributed by atoms with van der Waals surface area (Å²) in [5.41, 5.74) is 3.93. The van der Waals surface area contributed by atoms with Crippen LogP contribution in [0.3, 0.4) is 0 Å². The van der Waals surface area contributed by atoms with Crippen molar-refractivity contribution in [2.45, 2.75) is 6.92 Å². The fourth-order valence-electron chi connectivity index (χ4n) is 3.75. The van der Waals surface area contributed by atoms with Crippen molar-refractivity contribution in [3.63, 3.8) is 0 Å². The molecular weight excluding hydrogens is 426 g/mol. The van der Waals surface area contributed by atoms with Crippen LogP contribution in [-0.4, -0.2) is 31.2 Å². The molecule has 0 spiro atoms. The van der Waals surface area contributed by atoms with E-state index in [1.165, 1.54) is 31.4 Å². The molecule has 0 saturated heterocycles. The van der Waals surface area contributed by atoms with E-state index in [-0.39, 0.29) is 5.82 Å². The first kappa shape index (κ1) is 20.6. The minimum absolute atomic E-state index is 0.333. The van der Waals surface area contributed by atoms with Crippen molar-refractivity contribution in [2.24, 2.45) is 7.05 Å². The predicted molar refractivity (Wildman–Crippen MR) is 122 cm³/mol. The van der Waals surface area contributed by atoms with Crippen molar-refractivity contribution in [2.75, 3.05) is 12.4 Å². The van der Waals surface area contributed by atoms with Crippen LogP contribution in [0.4, 0.5) is 20.3 Å². The van der Waals surface area contributed by atoms with Gasteiger partial charge in [0, 0.05) is 18.8 Å². The first-order valence-corrected chi connectivity index (χ1v) is 10.2. The average molecular weight is 446 g/mol. The van der Waals surface area contributed by atoms with Crippen LogP contribution in [0.15, 0.2) is 61.1 Å². The van der Waals surface area contributed by atoms with Crippen molar-refractivity contribution in [3.8, 4) is 23.0 Å². The minimum Gasteiger partial charge on any atom is -0.479 e. The lowest BCUT2D eigenvalue weighted by molar-refractivity contribution is 0.396. The van der Waals surface area contributed by atoms with E-state index in [0.717, 1.165) is 16.9 Å². The van der Waals surface area contributed by atoms with E-state index in [1.54, 1.807) is 36.1 Å². The average Bonchev–Trinajstić information content (AvgIpc) is 3.38. The molecule has 0 atom stereocenters. The zero-order chi connectivity index (χ0) is 23.1. The molecule has 0 unspecified atom stereocenters. The van der Waals surface area contributed by atoms with Gasteiger partial charge < -0.3 is 19.2 Å². The van der Waals surface area contributed by atoms with Gasteiger partial charge in [-0.2, -0.15) is 4.98 Å². The van der Waals surface area contributed by atoms with Gasteiger partial charge in [-0.3, -0.25) is 0 Å². The number of ether oxygens (including phenoxy) is 1. The Morgan fingerprint density at radius 1 is 0.970 bits per heavy atom. The van der Waals surface area contributed by atoms with Crippen molar-refractivity contribution in [1.82, 2.24) is 24.1 Å². The minimum atomic E-state index is -0.420. The number of aryl methyl sites for hydroxylation is 2. The zero-order valence-electron chi connectivity index (χ0n) is 18.2. The van der Waals surface area contributed by atoms with Crippen LogP contribution in [-0.2, 0) is 7.05 Å². The lowest BCUT2D eigenvalue weighted by Gasteiger charge is -2.12. The molecule has 0 aliphatic heterocycles. The van der Waals surface area contributed by atoms with Crippen molar-refractivity contribution < 1.29 is 13.5 Å². The molecule has 0 fully saturated rings. The highest BCUT2D eigenvalue weighted by molar-refractivity contribution is 5.92. The Morgan fingerprint density at radius 2 is 1.76 bits per heavy atom. The number of fused-ring (bicyclic) bond motifs is 1. The summed E-state index contributed by atoms with van der Waals surface area (Å²) in [4.78, 5) is 13.5. The number of hydrogen-bond acceptors (Lipinski definition) is 5. The van der Waals surface area contributed by atoms with Crippen LogP contribution in [0, 0.1) is 18.6 Å². The Hall–Kier alpha value is -4.27. The summed E-state index contributed by atoms with van der Waals surface area (Å²) in [6.07, 6.45) is 3.55. The maximum Gasteiger partial charge on any atom is 0.240 e. The van der Waals surface area contributed by atoms with E-state index in [4.69, 9.17) is 9.72 Å². The van der Waals surface area contributed by atoms with Crippen molar-refractivity contribution in [3.05, 3.63) is 78.4 Å². The van der Waals surface area contributed by atoms with E-state index in [9.17, 15) is 8.78 Å². The summed E-state index contributed by atoms with van der Waals surface area (Å²) in [5, 5.41) is 3.16. The molecule has 0 amide bonds. The van der Waals surface area contributed by atoms with Crippen LogP contribution in [0.25, 0.3) is 28.1 Å². The highest BCUT2D eigenvalue weighted by atomic mass is 19.1. The lowest BCUT2D eigenvalue weighted by atomic mass is 10.2. The summed E-state index contributed by atoms with van der Waals surface area (Å²) >= 11 is 0. The van der Waals surface area contributed by atoms with Crippen molar-refractivity contribution >= 4 is 22.5 Å². The Morgan fingerprint density at radius 3 is 2.45 bits per heavy atom. The summed E-state index contributed by atoms with van der Waals surface area (Å²) in [5.74, 6) is 0.692. The number of anilines is 2. The van der Waals surface area contributed by atoms with Gasteiger partial charge >= 0.3 is 0 Å². The molecule has 9 heteroatoms. The number of methoxy groups -OCH3 is 1. The normalized spacial score (nSPS) is 11.2. The van der Waals surface area contributed by atoms with Crippen LogP contribution in [0.5, 0.6) is 5.88 Å². The highest BCUT2D eigenvalue weighted by Crippen LogP contribution is 2.32. The smallest absolute Gasteiger partial charge is 0.240 e. The van der Waals surface area contributed by atoms with Gasteiger partial charge in [0.2, 0.25) is 5.88 Å². The first-order chi connectivity index (χ1) is 15.9. The van der Waals surface area contributed by atoms with E-state index < -0.39 is 5.82 Å². The molecule has 0 radical (unpaired) electrons. The first-order valence-electron chi connectivity index (χ1n) is 10.2. The van der Waals surface area contributed by atoms with Gasteiger partial charge in [-0.15, -0.1) is 0 Å². The van der Waals surface area contributed by atoms with Crippen molar-refractivity contribution in [1.29, 1.82) is 0 Å². The van der Waals surface area contributed by atoms with Gasteiger partial charge in [-0.05, 0) is 55.5 Å². The summed E-state index contributed by atoms with van der Waals surface area (Å²) < 4.78 is 36.9. The van der Waals surface area contributed by atoms with Gasteiger partial charge in [0.1, 0.15) is 34.5 Å². The molecular formula is C24H20F2N6O. The number of aromatic nitrogens is 5. The number of imidazole rings is 2. The molecule has 0 aliphatic carbocycles. The van der Waals surface area contributed by atoms with E-state index >= 15 is 0 Å². The molecule has 5 aromatic rings. The SMILES string of the molecule is COc1nc(Nc2cc(F)cc3c2nc(-c2ccc(F)cc2)n3C)ccc1-n1cnc(C)c1. The molecule has 5 rings (SSSR count). The van der Waals surface area contributed by atoms with Crippen LogP contribution in [0.2, 0.25) is 0 Å². The molecule has 7 nitrogen and oxygen atoms in total. The fourth-order valence-corrected chi connectivity index (χ4v) is 3.75. The third kappa shape index (κ3) is 3.78. The maximum atomic E-state index is 14.5. The van der Waals surface area contributed by atoms with E-state index in [1.807, 2.05) is 23.8 Å². The van der Waals surface area contributed by atoms with E-state index in [2.05, 4.69) is 15.3 Å². The molecule has 0 aliphatic rings.